The number of nitrogens with zero attached hydrogens (tertiary/aromatic N) is 1. The maximum Gasteiger partial charge on any atom is 0.326 e. The third-order valence-electron chi connectivity index (χ3n) is 4.40. The zero-order valence-electron chi connectivity index (χ0n) is 13.4. The molecule has 1 aliphatic rings. The standard InChI is InChI=1S/C17H24ClNO2/c1-10(2)15(16(20)21)19-14-7-6-12(18)8-13(14)11(3)9-17(19,4)5/h6-8,10-11,15H,9H2,1-5H3,(H,20,21)/t11-,15+/m1/s1. The average molecular weight is 310 g/mol. The molecule has 0 aromatic heterocycles. The summed E-state index contributed by atoms with van der Waals surface area (Å²) in [7, 11) is 0. The van der Waals surface area contributed by atoms with E-state index < -0.39 is 12.0 Å². The van der Waals surface area contributed by atoms with E-state index in [2.05, 4.69) is 25.7 Å². The Morgan fingerprint density at radius 3 is 2.57 bits per heavy atom. The molecule has 1 N–H and O–H groups in total. The predicted octanol–water partition coefficient (Wildman–Crippen LogP) is 4.54. The van der Waals surface area contributed by atoms with Crippen LogP contribution in [-0.4, -0.2) is 22.7 Å². The van der Waals surface area contributed by atoms with E-state index in [0.29, 0.717) is 10.9 Å². The van der Waals surface area contributed by atoms with Gasteiger partial charge in [0.1, 0.15) is 6.04 Å². The van der Waals surface area contributed by atoms with Gasteiger partial charge in [-0.2, -0.15) is 0 Å². The summed E-state index contributed by atoms with van der Waals surface area (Å²) in [6.07, 6.45) is 0.914. The number of benzene rings is 1. The molecule has 0 unspecified atom stereocenters. The summed E-state index contributed by atoms with van der Waals surface area (Å²) in [5.74, 6) is -0.376. The Bertz CT molecular complexity index is 554. The van der Waals surface area contributed by atoms with Crippen LogP contribution in [0.25, 0.3) is 0 Å². The quantitative estimate of drug-likeness (QED) is 0.891. The van der Waals surface area contributed by atoms with E-state index in [1.165, 1.54) is 0 Å². The second-order valence-corrected chi connectivity index (χ2v) is 7.45. The fourth-order valence-corrected chi connectivity index (χ4v) is 3.82. The topological polar surface area (TPSA) is 40.5 Å². The summed E-state index contributed by atoms with van der Waals surface area (Å²) < 4.78 is 0. The molecule has 21 heavy (non-hydrogen) atoms. The molecule has 1 aromatic carbocycles. The van der Waals surface area contributed by atoms with Gasteiger partial charge < -0.3 is 10.0 Å². The van der Waals surface area contributed by atoms with E-state index in [-0.39, 0.29) is 11.5 Å². The first kappa shape index (κ1) is 16.2. The molecule has 3 nitrogen and oxygen atoms in total. The van der Waals surface area contributed by atoms with Crippen LogP contribution in [0, 0.1) is 5.92 Å². The molecule has 0 spiro atoms. The summed E-state index contributed by atoms with van der Waals surface area (Å²) >= 11 is 6.13. The maximum atomic E-state index is 11.8. The highest BCUT2D eigenvalue weighted by Crippen LogP contribution is 2.46. The van der Waals surface area contributed by atoms with Crippen molar-refractivity contribution in [1.29, 1.82) is 0 Å². The number of rotatable bonds is 3. The van der Waals surface area contributed by atoms with Gasteiger partial charge >= 0.3 is 5.97 Å². The lowest BCUT2D eigenvalue weighted by molar-refractivity contribution is -0.140. The summed E-state index contributed by atoms with van der Waals surface area (Å²) in [5.41, 5.74) is 1.95. The smallest absolute Gasteiger partial charge is 0.326 e. The normalized spacial score (nSPS) is 22.0. The molecule has 0 fully saturated rings. The third kappa shape index (κ3) is 2.89. The van der Waals surface area contributed by atoms with Crippen molar-refractivity contribution in [2.45, 2.75) is 58.5 Å². The molecule has 0 aliphatic carbocycles. The van der Waals surface area contributed by atoms with Crippen LogP contribution in [-0.2, 0) is 4.79 Å². The van der Waals surface area contributed by atoms with Crippen LogP contribution < -0.4 is 4.90 Å². The second kappa shape index (κ2) is 5.53. The minimum Gasteiger partial charge on any atom is -0.480 e. The fraction of sp³-hybridized carbons (Fsp3) is 0.588. The lowest BCUT2D eigenvalue weighted by Gasteiger charge is -2.51. The number of carbonyl (C=O) groups is 1. The molecular weight excluding hydrogens is 286 g/mol. The zero-order valence-corrected chi connectivity index (χ0v) is 14.1. The molecule has 0 saturated heterocycles. The van der Waals surface area contributed by atoms with Crippen molar-refractivity contribution in [1.82, 2.24) is 0 Å². The van der Waals surface area contributed by atoms with Crippen molar-refractivity contribution in [3.63, 3.8) is 0 Å². The molecule has 0 radical (unpaired) electrons. The number of anilines is 1. The zero-order chi connectivity index (χ0) is 15.9. The number of hydrogen-bond donors (Lipinski definition) is 1. The minimum atomic E-state index is -0.770. The Hall–Kier alpha value is -1.22. The number of halogens is 1. The van der Waals surface area contributed by atoms with E-state index >= 15 is 0 Å². The Kier molecular flexibility index (Phi) is 4.25. The second-order valence-electron chi connectivity index (χ2n) is 7.02. The van der Waals surface area contributed by atoms with E-state index in [4.69, 9.17) is 11.6 Å². The van der Waals surface area contributed by atoms with Crippen molar-refractivity contribution < 1.29 is 9.90 Å². The number of fused-ring (bicyclic) bond motifs is 1. The highest BCUT2D eigenvalue weighted by Gasteiger charge is 2.43. The van der Waals surface area contributed by atoms with Gasteiger partial charge in [0, 0.05) is 16.2 Å². The lowest BCUT2D eigenvalue weighted by Crippen LogP contribution is -2.58. The Morgan fingerprint density at radius 2 is 2.05 bits per heavy atom. The molecule has 4 heteroatoms. The number of carboxylic acid groups (broad SMARTS) is 1. The van der Waals surface area contributed by atoms with Gasteiger partial charge in [0.2, 0.25) is 0 Å². The molecule has 0 amide bonds. The molecule has 1 heterocycles. The van der Waals surface area contributed by atoms with E-state index in [9.17, 15) is 9.90 Å². The van der Waals surface area contributed by atoms with Crippen LogP contribution in [0.15, 0.2) is 18.2 Å². The van der Waals surface area contributed by atoms with E-state index in [1.807, 2.05) is 32.0 Å². The fourth-order valence-electron chi connectivity index (χ4n) is 3.64. The molecule has 2 rings (SSSR count). The van der Waals surface area contributed by atoms with Gasteiger partial charge in [-0.1, -0.05) is 32.4 Å². The van der Waals surface area contributed by atoms with Crippen molar-refractivity contribution in [2.75, 3.05) is 4.90 Å². The van der Waals surface area contributed by atoms with Gasteiger partial charge in [-0.15, -0.1) is 0 Å². The highest BCUT2D eigenvalue weighted by atomic mass is 35.5. The van der Waals surface area contributed by atoms with Gasteiger partial charge in [-0.3, -0.25) is 0 Å². The average Bonchev–Trinajstić information content (AvgIpc) is 2.33. The Labute approximate surface area is 131 Å². The Morgan fingerprint density at radius 1 is 1.43 bits per heavy atom. The summed E-state index contributed by atoms with van der Waals surface area (Å²) in [4.78, 5) is 13.9. The molecule has 1 aromatic rings. The predicted molar refractivity (Wildman–Crippen MR) is 87.3 cm³/mol. The van der Waals surface area contributed by atoms with Crippen LogP contribution in [0.5, 0.6) is 0 Å². The first-order chi connectivity index (χ1) is 9.65. The van der Waals surface area contributed by atoms with Crippen molar-refractivity contribution in [3.8, 4) is 0 Å². The summed E-state index contributed by atoms with van der Waals surface area (Å²) in [6, 6.07) is 5.25. The summed E-state index contributed by atoms with van der Waals surface area (Å²) in [6.45, 7) is 10.4. The molecule has 116 valence electrons. The van der Waals surface area contributed by atoms with Gasteiger partial charge in [0.05, 0.1) is 0 Å². The molecule has 0 bridgehead atoms. The van der Waals surface area contributed by atoms with Crippen LogP contribution in [0.4, 0.5) is 5.69 Å². The largest absolute Gasteiger partial charge is 0.480 e. The molecule has 0 saturated carbocycles. The lowest BCUT2D eigenvalue weighted by atomic mass is 9.78. The Balaban J connectivity index is 2.62. The minimum absolute atomic E-state index is 0.0266. The van der Waals surface area contributed by atoms with Crippen molar-refractivity contribution >= 4 is 23.3 Å². The van der Waals surface area contributed by atoms with Crippen molar-refractivity contribution in [2.24, 2.45) is 5.92 Å². The number of aliphatic carboxylic acids is 1. The van der Waals surface area contributed by atoms with Crippen LogP contribution >= 0.6 is 11.6 Å². The SMILES string of the molecule is CC(C)[C@@H](C(=O)O)N1c2ccc(Cl)cc2[C@H](C)CC1(C)C. The number of carboxylic acids is 1. The first-order valence-electron chi connectivity index (χ1n) is 7.46. The molecule has 1 aliphatic heterocycles. The molecular formula is C17H24ClNO2. The van der Waals surface area contributed by atoms with Gasteiger partial charge in [0.25, 0.3) is 0 Å². The van der Waals surface area contributed by atoms with Gasteiger partial charge in [-0.25, -0.2) is 4.79 Å². The number of hydrogen-bond acceptors (Lipinski definition) is 2. The molecule has 2 atom stereocenters. The van der Waals surface area contributed by atoms with E-state index in [1.54, 1.807) is 0 Å². The van der Waals surface area contributed by atoms with Crippen molar-refractivity contribution in [3.05, 3.63) is 28.8 Å². The van der Waals surface area contributed by atoms with Gasteiger partial charge in [0.15, 0.2) is 0 Å². The highest BCUT2D eigenvalue weighted by molar-refractivity contribution is 6.30. The van der Waals surface area contributed by atoms with Crippen LogP contribution in [0.2, 0.25) is 5.02 Å². The third-order valence-corrected chi connectivity index (χ3v) is 4.64. The van der Waals surface area contributed by atoms with Crippen LogP contribution in [0.1, 0.15) is 52.5 Å². The van der Waals surface area contributed by atoms with E-state index in [0.717, 1.165) is 17.7 Å². The van der Waals surface area contributed by atoms with Crippen LogP contribution in [0.3, 0.4) is 0 Å². The van der Waals surface area contributed by atoms with Gasteiger partial charge in [-0.05, 0) is 55.9 Å². The summed E-state index contributed by atoms with van der Waals surface area (Å²) in [5, 5.41) is 10.4. The first-order valence-corrected chi connectivity index (χ1v) is 7.84. The maximum absolute atomic E-state index is 11.8. The monoisotopic (exact) mass is 309 g/mol.